The summed E-state index contributed by atoms with van der Waals surface area (Å²) < 4.78 is 44.3. The molecule has 2 aliphatic rings. The second-order valence-electron chi connectivity index (χ2n) is 8.32. The molecule has 2 saturated heterocycles. The highest BCUT2D eigenvalue weighted by atomic mass is 19.4. The van der Waals surface area contributed by atoms with Crippen LogP contribution in [0.4, 0.5) is 30.2 Å². The average Bonchev–Trinajstić information content (AvgIpc) is 2.84. The lowest BCUT2D eigenvalue weighted by molar-refractivity contribution is -0.137. The lowest BCUT2D eigenvalue weighted by atomic mass is 10.1. The van der Waals surface area contributed by atoms with E-state index in [1.165, 1.54) is 12.1 Å². The summed E-state index contributed by atoms with van der Waals surface area (Å²) in [7, 11) is 0. The molecule has 0 bridgehead atoms. The van der Waals surface area contributed by atoms with Gasteiger partial charge >= 0.3 is 6.18 Å². The molecule has 1 N–H and O–H groups in total. The Morgan fingerprint density at radius 3 is 2.21 bits per heavy atom. The standard InChI is InChI=1S/C24H29F3N4O2/c25-24(26,27)19-2-1-3-22(18-19)30-12-10-29(11-13-30)9-8-23(32)28-20-4-6-21(7-5-20)31-14-16-33-17-15-31/h1-7,18H,8-17H2,(H,28,32). The first-order valence-electron chi connectivity index (χ1n) is 11.3. The molecule has 2 fully saturated rings. The molecule has 0 saturated carbocycles. The van der Waals surface area contributed by atoms with E-state index < -0.39 is 11.7 Å². The summed E-state index contributed by atoms with van der Waals surface area (Å²) in [5.41, 5.74) is 1.85. The van der Waals surface area contributed by atoms with E-state index in [1.807, 2.05) is 29.2 Å². The Balaban J connectivity index is 1.20. The van der Waals surface area contributed by atoms with Gasteiger partial charge in [0.25, 0.3) is 0 Å². The van der Waals surface area contributed by atoms with Gasteiger partial charge in [-0.05, 0) is 42.5 Å². The predicted octanol–water partition coefficient (Wildman–Crippen LogP) is 3.69. The minimum absolute atomic E-state index is 0.0468. The van der Waals surface area contributed by atoms with Crippen LogP contribution in [0.2, 0.25) is 0 Å². The number of benzene rings is 2. The molecule has 6 nitrogen and oxygen atoms in total. The van der Waals surface area contributed by atoms with Crippen LogP contribution in [0.25, 0.3) is 0 Å². The van der Waals surface area contributed by atoms with Crippen molar-refractivity contribution in [1.82, 2.24) is 4.90 Å². The van der Waals surface area contributed by atoms with Gasteiger partial charge in [-0.2, -0.15) is 13.2 Å². The maximum Gasteiger partial charge on any atom is 0.416 e. The normalized spacial score (nSPS) is 17.8. The van der Waals surface area contributed by atoms with Gasteiger partial charge in [-0.15, -0.1) is 0 Å². The first kappa shape index (κ1) is 23.4. The summed E-state index contributed by atoms with van der Waals surface area (Å²) >= 11 is 0. The molecule has 2 heterocycles. The zero-order chi connectivity index (χ0) is 23.3. The topological polar surface area (TPSA) is 48.1 Å². The van der Waals surface area contributed by atoms with E-state index >= 15 is 0 Å². The molecule has 1 amide bonds. The number of nitrogens with zero attached hydrogens (tertiary/aromatic N) is 3. The molecule has 0 aliphatic carbocycles. The zero-order valence-electron chi connectivity index (χ0n) is 18.5. The summed E-state index contributed by atoms with van der Waals surface area (Å²) in [6, 6.07) is 13.3. The van der Waals surface area contributed by atoms with Crippen molar-refractivity contribution in [1.29, 1.82) is 0 Å². The number of nitrogens with one attached hydrogen (secondary N) is 1. The highest BCUT2D eigenvalue weighted by Gasteiger charge is 2.31. The van der Waals surface area contributed by atoms with Gasteiger partial charge in [-0.25, -0.2) is 0 Å². The minimum Gasteiger partial charge on any atom is -0.378 e. The van der Waals surface area contributed by atoms with E-state index in [2.05, 4.69) is 15.1 Å². The third-order valence-corrected chi connectivity index (χ3v) is 6.09. The summed E-state index contributed by atoms with van der Waals surface area (Å²) in [5, 5.41) is 2.94. The first-order valence-corrected chi connectivity index (χ1v) is 11.3. The fourth-order valence-electron chi connectivity index (χ4n) is 4.17. The summed E-state index contributed by atoms with van der Waals surface area (Å²) in [5.74, 6) is -0.0468. The second kappa shape index (κ2) is 10.4. The molecule has 2 aromatic rings. The quantitative estimate of drug-likeness (QED) is 0.710. The molecule has 9 heteroatoms. The van der Waals surface area contributed by atoms with Gasteiger partial charge < -0.3 is 19.9 Å². The van der Waals surface area contributed by atoms with E-state index in [4.69, 9.17) is 4.74 Å². The van der Waals surface area contributed by atoms with Gasteiger partial charge in [0, 0.05) is 69.3 Å². The molecule has 33 heavy (non-hydrogen) atoms. The van der Waals surface area contributed by atoms with E-state index in [9.17, 15) is 18.0 Å². The van der Waals surface area contributed by atoms with E-state index in [0.29, 0.717) is 44.8 Å². The van der Waals surface area contributed by atoms with Crippen molar-refractivity contribution in [3.63, 3.8) is 0 Å². The monoisotopic (exact) mass is 462 g/mol. The number of carbonyl (C=O) groups is 1. The van der Waals surface area contributed by atoms with Crippen molar-refractivity contribution in [2.24, 2.45) is 0 Å². The summed E-state index contributed by atoms with van der Waals surface area (Å²) in [6.07, 6.45) is -3.97. The lowest BCUT2D eigenvalue weighted by Gasteiger charge is -2.36. The van der Waals surface area contributed by atoms with Crippen LogP contribution in [0.1, 0.15) is 12.0 Å². The third kappa shape index (κ3) is 6.39. The van der Waals surface area contributed by atoms with Gasteiger partial charge in [0.15, 0.2) is 0 Å². The van der Waals surface area contributed by atoms with Crippen LogP contribution in [0.3, 0.4) is 0 Å². The molecule has 2 aromatic carbocycles. The number of rotatable bonds is 6. The molecular formula is C24H29F3N4O2. The molecule has 4 rings (SSSR count). The largest absolute Gasteiger partial charge is 0.416 e. The van der Waals surface area contributed by atoms with Crippen LogP contribution in [0, 0.1) is 0 Å². The van der Waals surface area contributed by atoms with Crippen LogP contribution >= 0.6 is 0 Å². The third-order valence-electron chi connectivity index (χ3n) is 6.09. The number of carbonyl (C=O) groups excluding carboxylic acids is 1. The first-order chi connectivity index (χ1) is 15.9. The highest BCUT2D eigenvalue weighted by Crippen LogP contribution is 2.31. The van der Waals surface area contributed by atoms with E-state index in [-0.39, 0.29) is 5.91 Å². The van der Waals surface area contributed by atoms with Gasteiger partial charge in [0.1, 0.15) is 0 Å². The smallest absolute Gasteiger partial charge is 0.378 e. The SMILES string of the molecule is O=C(CCN1CCN(c2cccc(C(F)(F)F)c2)CC1)Nc1ccc(N2CCOCC2)cc1. The van der Waals surface area contributed by atoms with Gasteiger partial charge in [0.05, 0.1) is 18.8 Å². The number of ether oxygens (including phenoxy) is 1. The van der Waals surface area contributed by atoms with Crippen LogP contribution in [0.5, 0.6) is 0 Å². The Bertz CT molecular complexity index is 922. The summed E-state index contributed by atoms with van der Waals surface area (Å²) in [6.45, 7) is 6.49. The number of anilines is 3. The molecular weight excluding hydrogens is 433 g/mol. The number of alkyl halides is 3. The molecule has 2 aliphatic heterocycles. The Morgan fingerprint density at radius 2 is 1.55 bits per heavy atom. The zero-order valence-corrected chi connectivity index (χ0v) is 18.5. The fourth-order valence-corrected chi connectivity index (χ4v) is 4.17. The maximum absolute atomic E-state index is 13.0. The Morgan fingerprint density at radius 1 is 0.879 bits per heavy atom. The Kier molecular flexibility index (Phi) is 7.39. The van der Waals surface area contributed by atoms with Crippen LogP contribution in [0.15, 0.2) is 48.5 Å². The fraction of sp³-hybridized carbons (Fsp3) is 0.458. The van der Waals surface area contributed by atoms with Crippen molar-refractivity contribution in [3.05, 3.63) is 54.1 Å². The number of hydrogen-bond acceptors (Lipinski definition) is 5. The van der Waals surface area contributed by atoms with Gasteiger partial charge in [0.2, 0.25) is 5.91 Å². The molecule has 0 radical (unpaired) electrons. The maximum atomic E-state index is 13.0. The van der Waals surface area contributed by atoms with Crippen LogP contribution in [-0.2, 0) is 15.7 Å². The molecule has 0 aromatic heterocycles. The predicted molar refractivity (Wildman–Crippen MR) is 123 cm³/mol. The van der Waals surface area contributed by atoms with Crippen molar-refractivity contribution in [3.8, 4) is 0 Å². The second-order valence-corrected chi connectivity index (χ2v) is 8.32. The summed E-state index contributed by atoms with van der Waals surface area (Å²) in [4.78, 5) is 18.8. The Labute approximate surface area is 191 Å². The average molecular weight is 463 g/mol. The molecule has 0 unspecified atom stereocenters. The van der Waals surface area contributed by atoms with Crippen molar-refractivity contribution in [2.45, 2.75) is 12.6 Å². The molecule has 0 spiro atoms. The van der Waals surface area contributed by atoms with Crippen molar-refractivity contribution < 1.29 is 22.7 Å². The number of morpholine rings is 1. The van der Waals surface area contributed by atoms with Crippen molar-refractivity contribution >= 4 is 23.0 Å². The molecule has 0 atom stereocenters. The number of amides is 1. The number of hydrogen-bond donors (Lipinski definition) is 1. The van der Waals surface area contributed by atoms with Crippen LogP contribution < -0.4 is 15.1 Å². The highest BCUT2D eigenvalue weighted by molar-refractivity contribution is 5.91. The van der Waals surface area contributed by atoms with Gasteiger partial charge in [-0.1, -0.05) is 6.07 Å². The van der Waals surface area contributed by atoms with Crippen molar-refractivity contribution in [2.75, 3.05) is 74.1 Å². The number of piperazine rings is 1. The van der Waals surface area contributed by atoms with E-state index in [1.54, 1.807) is 6.07 Å². The Hall–Kier alpha value is -2.78. The minimum atomic E-state index is -4.34. The van der Waals surface area contributed by atoms with E-state index in [0.717, 1.165) is 43.7 Å². The number of halogens is 3. The van der Waals surface area contributed by atoms with Crippen LogP contribution in [-0.4, -0.2) is 69.8 Å². The molecule has 178 valence electrons. The van der Waals surface area contributed by atoms with Gasteiger partial charge in [-0.3, -0.25) is 9.69 Å². The lowest BCUT2D eigenvalue weighted by Crippen LogP contribution is -2.47.